The standard InChI is InChI=1S/C7H12N4O4S2/c1-17(14,15)4-5(8)11-16-7(4)10-2-3(12)6(9)13/h3,10,12H,2H2,1H3,(H2,8,11)(H2,9,13). The molecular weight excluding hydrogens is 268 g/mol. The number of sulfone groups is 1. The van der Waals surface area contributed by atoms with Crippen LogP contribution < -0.4 is 16.8 Å². The van der Waals surface area contributed by atoms with Crippen LogP contribution in [0.5, 0.6) is 0 Å². The van der Waals surface area contributed by atoms with Crippen molar-refractivity contribution in [2.24, 2.45) is 5.73 Å². The number of hydrogen-bond donors (Lipinski definition) is 4. The minimum Gasteiger partial charge on any atom is -0.382 e. The van der Waals surface area contributed by atoms with Crippen LogP contribution >= 0.6 is 11.5 Å². The minimum absolute atomic E-state index is 0.117. The molecule has 0 bridgehead atoms. The van der Waals surface area contributed by atoms with Gasteiger partial charge in [-0.05, 0) is 11.5 Å². The monoisotopic (exact) mass is 280 g/mol. The smallest absolute Gasteiger partial charge is 0.248 e. The normalized spacial score (nSPS) is 13.3. The lowest BCUT2D eigenvalue weighted by atomic mass is 10.3. The van der Waals surface area contributed by atoms with E-state index in [1.165, 1.54) is 0 Å². The molecule has 0 saturated heterocycles. The van der Waals surface area contributed by atoms with Gasteiger partial charge in [0.15, 0.2) is 15.7 Å². The summed E-state index contributed by atoms with van der Waals surface area (Å²) >= 11 is 0.828. The number of aromatic nitrogens is 1. The molecule has 1 unspecified atom stereocenters. The highest BCUT2D eigenvalue weighted by molar-refractivity contribution is 7.91. The van der Waals surface area contributed by atoms with Crippen molar-refractivity contribution in [3.8, 4) is 0 Å². The lowest BCUT2D eigenvalue weighted by Gasteiger charge is -2.08. The highest BCUT2D eigenvalue weighted by Gasteiger charge is 2.22. The molecule has 0 saturated carbocycles. The van der Waals surface area contributed by atoms with Crippen molar-refractivity contribution in [3.63, 3.8) is 0 Å². The van der Waals surface area contributed by atoms with Gasteiger partial charge in [0.1, 0.15) is 16.0 Å². The van der Waals surface area contributed by atoms with Gasteiger partial charge in [0.05, 0.1) is 6.54 Å². The Morgan fingerprint density at radius 1 is 1.65 bits per heavy atom. The highest BCUT2D eigenvalue weighted by Crippen LogP contribution is 2.31. The first-order valence-corrected chi connectivity index (χ1v) is 7.06. The Hall–Kier alpha value is -1.39. The van der Waals surface area contributed by atoms with E-state index in [1.807, 2.05) is 0 Å². The Bertz CT molecular complexity index is 524. The summed E-state index contributed by atoms with van der Waals surface area (Å²) in [5.41, 5.74) is 10.3. The van der Waals surface area contributed by atoms with Gasteiger partial charge >= 0.3 is 0 Å². The molecule has 96 valence electrons. The topological polar surface area (TPSA) is 148 Å². The number of nitrogens with one attached hydrogen (secondary N) is 1. The zero-order valence-electron chi connectivity index (χ0n) is 8.87. The summed E-state index contributed by atoms with van der Waals surface area (Å²) in [4.78, 5) is 10.4. The fraction of sp³-hybridized carbons (Fsp3) is 0.429. The maximum absolute atomic E-state index is 11.4. The average molecular weight is 280 g/mol. The van der Waals surface area contributed by atoms with Crippen molar-refractivity contribution in [2.45, 2.75) is 11.0 Å². The average Bonchev–Trinajstić information content (AvgIpc) is 2.55. The molecule has 0 aliphatic rings. The second kappa shape index (κ2) is 4.85. The molecule has 1 atom stereocenters. The van der Waals surface area contributed by atoms with Crippen LogP contribution in [-0.2, 0) is 14.6 Å². The molecule has 0 fully saturated rings. The third-order valence-corrected chi connectivity index (χ3v) is 3.93. The van der Waals surface area contributed by atoms with Gasteiger partial charge in [0.25, 0.3) is 0 Å². The molecule has 0 aromatic carbocycles. The van der Waals surface area contributed by atoms with Gasteiger partial charge in [0.2, 0.25) is 5.91 Å². The zero-order chi connectivity index (χ0) is 13.2. The number of amides is 1. The number of carbonyl (C=O) groups is 1. The predicted molar refractivity (Wildman–Crippen MR) is 63.3 cm³/mol. The Kier molecular flexibility index (Phi) is 3.91. The number of aliphatic hydroxyl groups excluding tert-OH is 1. The third kappa shape index (κ3) is 3.28. The van der Waals surface area contributed by atoms with E-state index in [0.717, 1.165) is 17.8 Å². The van der Waals surface area contributed by atoms with Crippen molar-refractivity contribution in [2.75, 3.05) is 23.9 Å². The fourth-order valence-electron chi connectivity index (χ4n) is 1.05. The van der Waals surface area contributed by atoms with E-state index >= 15 is 0 Å². The molecule has 1 aromatic heterocycles. The molecule has 1 amide bonds. The van der Waals surface area contributed by atoms with Gasteiger partial charge in [-0.2, -0.15) is 4.37 Å². The summed E-state index contributed by atoms with van der Waals surface area (Å²) in [7, 11) is -3.53. The molecule has 1 heterocycles. The number of anilines is 2. The molecule has 0 aliphatic carbocycles. The van der Waals surface area contributed by atoms with Crippen molar-refractivity contribution in [3.05, 3.63) is 0 Å². The highest BCUT2D eigenvalue weighted by atomic mass is 32.2. The van der Waals surface area contributed by atoms with Crippen LogP contribution in [0.1, 0.15) is 0 Å². The van der Waals surface area contributed by atoms with E-state index in [1.54, 1.807) is 0 Å². The van der Waals surface area contributed by atoms with Crippen molar-refractivity contribution in [1.29, 1.82) is 0 Å². The SMILES string of the molecule is CS(=O)(=O)c1c(N)nsc1NCC(O)C(N)=O. The molecular formula is C7H12N4O4S2. The Labute approximate surface area is 102 Å². The van der Waals surface area contributed by atoms with Gasteiger partial charge in [-0.1, -0.05) is 0 Å². The lowest BCUT2D eigenvalue weighted by molar-refractivity contribution is -0.125. The number of rotatable bonds is 5. The van der Waals surface area contributed by atoms with Crippen LogP contribution in [0.3, 0.4) is 0 Å². The number of nitrogens with two attached hydrogens (primary N) is 2. The largest absolute Gasteiger partial charge is 0.382 e. The van der Waals surface area contributed by atoms with Crippen molar-refractivity contribution in [1.82, 2.24) is 4.37 Å². The summed E-state index contributed by atoms with van der Waals surface area (Å²) in [5.74, 6) is -1.02. The second-order valence-corrected chi connectivity index (χ2v) is 6.02. The fourth-order valence-corrected chi connectivity index (χ4v) is 3.13. The Balaban J connectivity index is 2.90. The number of primary amides is 1. The third-order valence-electron chi connectivity index (χ3n) is 1.83. The molecule has 10 heteroatoms. The summed E-state index contributed by atoms with van der Waals surface area (Å²) in [6.07, 6.45) is -0.422. The summed E-state index contributed by atoms with van der Waals surface area (Å²) in [6, 6.07) is 0. The van der Waals surface area contributed by atoms with Gasteiger partial charge in [-0.25, -0.2) is 8.42 Å². The van der Waals surface area contributed by atoms with Crippen LogP contribution in [0.2, 0.25) is 0 Å². The van der Waals surface area contributed by atoms with E-state index in [9.17, 15) is 13.2 Å². The quantitative estimate of drug-likeness (QED) is 0.506. The second-order valence-electron chi connectivity index (χ2n) is 3.30. The van der Waals surface area contributed by atoms with E-state index in [-0.39, 0.29) is 22.3 Å². The van der Waals surface area contributed by atoms with Crippen LogP contribution in [0.25, 0.3) is 0 Å². The van der Waals surface area contributed by atoms with Gasteiger partial charge in [0, 0.05) is 6.26 Å². The van der Waals surface area contributed by atoms with Crippen molar-refractivity contribution >= 4 is 38.1 Å². The first-order chi connectivity index (χ1) is 7.73. The summed E-state index contributed by atoms with van der Waals surface area (Å²) in [6.45, 7) is -0.209. The van der Waals surface area contributed by atoms with Crippen LogP contribution in [0, 0.1) is 0 Å². The Morgan fingerprint density at radius 2 is 2.24 bits per heavy atom. The lowest BCUT2D eigenvalue weighted by Crippen LogP contribution is -2.34. The molecule has 1 aromatic rings. The minimum atomic E-state index is -3.53. The van der Waals surface area contributed by atoms with E-state index in [4.69, 9.17) is 16.6 Å². The molecule has 6 N–H and O–H groups in total. The molecule has 0 radical (unpaired) electrons. The molecule has 0 spiro atoms. The van der Waals surface area contributed by atoms with Gasteiger partial charge in [-0.15, -0.1) is 0 Å². The number of aliphatic hydroxyl groups is 1. The molecule has 8 nitrogen and oxygen atoms in total. The van der Waals surface area contributed by atoms with Gasteiger partial charge in [-0.3, -0.25) is 4.79 Å². The number of hydrogen-bond acceptors (Lipinski definition) is 8. The predicted octanol–water partition coefficient (Wildman–Crippen LogP) is -1.61. The number of carbonyl (C=O) groups excluding carboxylic acids is 1. The van der Waals surface area contributed by atoms with Crippen LogP contribution in [-0.4, -0.2) is 42.7 Å². The number of nitrogens with zero attached hydrogens (tertiary/aromatic N) is 1. The molecule has 17 heavy (non-hydrogen) atoms. The van der Waals surface area contributed by atoms with Crippen LogP contribution in [0.4, 0.5) is 10.8 Å². The first-order valence-electron chi connectivity index (χ1n) is 4.40. The Morgan fingerprint density at radius 3 is 2.71 bits per heavy atom. The molecule has 0 aliphatic heterocycles. The van der Waals surface area contributed by atoms with E-state index in [0.29, 0.717) is 0 Å². The van der Waals surface area contributed by atoms with E-state index in [2.05, 4.69) is 9.69 Å². The zero-order valence-corrected chi connectivity index (χ0v) is 10.5. The van der Waals surface area contributed by atoms with Crippen molar-refractivity contribution < 1.29 is 18.3 Å². The molecule has 1 rings (SSSR count). The maximum Gasteiger partial charge on any atom is 0.248 e. The van der Waals surface area contributed by atoms with E-state index < -0.39 is 21.8 Å². The van der Waals surface area contributed by atoms with Crippen LogP contribution in [0.15, 0.2) is 4.90 Å². The number of nitrogen functional groups attached to an aromatic ring is 1. The summed E-state index contributed by atoms with van der Waals surface area (Å²) < 4.78 is 26.5. The summed E-state index contributed by atoms with van der Waals surface area (Å²) in [5, 5.41) is 11.9. The first kappa shape index (κ1) is 13.7. The maximum atomic E-state index is 11.4. The van der Waals surface area contributed by atoms with Gasteiger partial charge < -0.3 is 21.9 Å².